The molecule has 3 aromatic rings. The molecule has 162 valence electrons. The molecule has 0 aliphatic carbocycles. The van der Waals surface area contributed by atoms with E-state index in [1.807, 2.05) is 26.0 Å². The topological polar surface area (TPSA) is 72.4 Å². The first kappa shape index (κ1) is 22.3. The summed E-state index contributed by atoms with van der Waals surface area (Å²) < 4.78 is 6.93. The van der Waals surface area contributed by atoms with Gasteiger partial charge in [0.25, 0.3) is 5.91 Å². The Balaban J connectivity index is 1.83. The van der Waals surface area contributed by atoms with Gasteiger partial charge in [0.05, 0.1) is 5.56 Å². The maximum atomic E-state index is 13.0. The lowest BCUT2D eigenvalue weighted by molar-refractivity contribution is -0.119. The molecule has 3 rings (SSSR count). The Hall–Kier alpha value is -3.38. The Morgan fingerprint density at radius 3 is 2.32 bits per heavy atom. The Morgan fingerprint density at radius 1 is 0.968 bits per heavy atom. The number of nitrogens with zero attached hydrogens (tertiary/aromatic N) is 1. The number of aryl methyl sites for hydroxylation is 1. The molecule has 1 aromatic heterocycles. The molecule has 0 atom stereocenters. The summed E-state index contributed by atoms with van der Waals surface area (Å²) in [6.07, 6.45) is 0. The van der Waals surface area contributed by atoms with Gasteiger partial charge in [0.15, 0.2) is 0 Å². The van der Waals surface area contributed by atoms with Gasteiger partial charge in [-0.15, -0.1) is 0 Å². The highest BCUT2D eigenvalue weighted by molar-refractivity contribution is 6.06. The minimum Gasteiger partial charge on any atom is -0.375 e. The number of hydrogen-bond acceptors (Lipinski definition) is 3. The fourth-order valence-corrected chi connectivity index (χ4v) is 3.61. The highest BCUT2D eigenvalue weighted by Crippen LogP contribution is 2.25. The van der Waals surface area contributed by atoms with Gasteiger partial charge in [0, 0.05) is 35.6 Å². The molecule has 0 fully saturated rings. The molecule has 0 bridgehead atoms. The van der Waals surface area contributed by atoms with E-state index in [9.17, 15) is 9.59 Å². The van der Waals surface area contributed by atoms with Crippen LogP contribution in [0.4, 0.5) is 11.4 Å². The van der Waals surface area contributed by atoms with Crippen molar-refractivity contribution in [1.29, 1.82) is 0 Å². The number of benzene rings is 2. The molecule has 0 aliphatic rings. The second-order valence-electron chi connectivity index (χ2n) is 7.89. The van der Waals surface area contributed by atoms with Crippen molar-refractivity contribution >= 4 is 23.2 Å². The molecule has 31 heavy (non-hydrogen) atoms. The normalized spacial score (nSPS) is 10.9. The van der Waals surface area contributed by atoms with Gasteiger partial charge >= 0.3 is 0 Å². The Kier molecular flexibility index (Phi) is 6.92. The SMILES string of the molecule is COCC(=O)Nc1cccc(NC(=O)c2cc(C)n(-c3cccc(C(C)C)c3)c2C)c1. The lowest BCUT2D eigenvalue weighted by Crippen LogP contribution is -2.17. The highest BCUT2D eigenvalue weighted by Gasteiger charge is 2.17. The average molecular weight is 420 g/mol. The van der Waals surface area contributed by atoms with Crippen LogP contribution in [0.25, 0.3) is 5.69 Å². The van der Waals surface area contributed by atoms with Crippen LogP contribution in [-0.4, -0.2) is 30.1 Å². The first-order chi connectivity index (χ1) is 14.8. The molecular weight excluding hydrogens is 390 g/mol. The molecule has 2 aromatic carbocycles. The quantitative estimate of drug-likeness (QED) is 0.563. The summed E-state index contributed by atoms with van der Waals surface area (Å²) in [6, 6.07) is 17.3. The van der Waals surface area contributed by atoms with Crippen LogP contribution in [0.1, 0.15) is 47.1 Å². The van der Waals surface area contributed by atoms with E-state index in [1.54, 1.807) is 24.3 Å². The van der Waals surface area contributed by atoms with Crippen molar-refractivity contribution in [2.45, 2.75) is 33.6 Å². The Morgan fingerprint density at radius 2 is 1.65 bits per heavy atom. The molecule has 0 unspecified atom stereocenters. The van der Waals surface area contributed by atoms with Crippen LogP contribution in [0.2, 0.25) is 0 Å². The smallest absolute Gasteiger partial charge is 0.257 e. The van der Waals surface area contributed by atoms with Crippen molar-refractivity contribution in [3.8, 4) is 5.69 Å². The van der Waals surface area contributed by atoms with E-state index in [0.29, 0.717) is 22.9 Å². The van der Waals surface area contributed by atoms with Crippen LogP contribution in [0.5, 0.6) is 0 Å². The molecule has 1 heterocycles. The second kappa shape index (κ2) is 9.62. The van der Waals surface area contributed by atoms with Gasteiger partial charge < -0.3 is 19.9 Å². The zero-order valence-electron chi connectivity index (χ0n) is 18.7. The van der Waals surface area contributed by atoms with Gasteiger partial charge in [-0.1, -0.05) is 32.0 Å². The third-order valence-electron chi connectivity index (χ3n) is 5.15. The molecule has 0 saturated heterocycles. The molecule has 0 aliphatic heterocycles. The van der Waals surface area contributed by atoms with E-state index >= 15 is 0 Å². The fraction of sp³-hybridized carbons (Fsp3) is 0.280. The molecule has 2 N–H and O–H groups in total. The number of nitrogens with one attached hydrogen (secondary N) is 2. The molecule has 6 heteroatoms. The van der Waals surface area contributed by atoms with Crippen LogP contribution in [0, 0.1) is 13.8 Å². The number of ether oxygens (including phenoxy) is 1. The standard InChI is InChI=1S/C25H29N3O3/c1-16(2)19-8-6-11-22(13-19)28-17(3)12-23(18(28)4)25(30)27-21-10-7-9-20(14-21)26-24(29)15-31-5/h6-14,16H,15H2,1-5H3,(H,26,29)(H,27,30). The molecular formula is C25H29N3O3. The van der Waals surface area contributed by atoms with E-state index in [-0.39, 0.29) is 18.4 Å². The fourth-order valence-electron chi connectivity index (χ4n) is 3.61. The van der Waals surface area contributed by atoms with Crippen LogP contribution in [0.15, 0.2) is 54.6 Å². The number of rotatable bonds is 7. The summed E-state index contributed by atoms with van der Waals surface area (Å²) in [5, 5.41) is 5.67. The van der Waals surface area contributed by atoms with E-state index in [0.717, 1.165) is 17.1 Å². The first-order valence-electron chi connectivity index (χ1n) is 10.3. The summed E-state index contributed by atoms with van der Waals surface area (Å²) >= 11 is 0. The Labute approximate surface area is 183 Å². The highest BCUT2D eigenvalue weighted by atomic mass is 16.5. The number of anilines is 2. The van der Waals surface area contributed by atoms with Crippen LogP contribution < -0.4 is 10.6 Å². The number of carbonyl (C=O) groups is 2. The number of amides is 2. The van der Waals surface area contributed by atoms with Crippen LogP contribution in [-0.2, 0) is 9.53 Å². The molecule has 6 nitrogen and oxygen atoms in total. The third-order valence-corrected chi connectivity index (χ3v) is 5.15. The van der Waals surface area contributed by atoms with Gasteiger partial charge in [-0.05, 0) is 61.7 Å². The third kappa shape index (κ3) is 5.22. The van der Waals surface area contributed by atoms with E-state index in [1.165, 1.54) is 12.7 Å². The maximum absolute atomic E-state index is 13.0. The van der Waals surface area contributed by atoms with Crippen molar-refractivity contribution in [3.63, 3.8) is 0 Å². The van der Waals surface area contributed by atoms with Gasteiger partial charge in [0.2, 0.25) is 5.91 Å². The summed E-state index contributed by atoms with van der Waals surface area (Å²) in [7, 11) is 1.46. The minimum absolute atomic E-state index is 0.0272. The predicted octanol–water partition coefficient (Wildman–Crippen LogP) is 5.05. The summed E-state index contributed by atoms with van der Waals surface area (Å²) in [5.41, 5.74) is 5.97. The summed E-state index contributed by atoms with van der Waals surface area (Å²) in [4.78, 5) is 24.7. The van der Waals surface area contributed by atoms with Crippen LogP contribution in [0.3, 0.4) is 0 Å². The van der Waals surface area contributed by atoms with E-state index in [4.69, 9.17) is 4.74 Å². The number of methoxy groups -OCH3 is 1. The first-order valence-corrected chi connectivity index (χ1v) is 10.3. The molecule has 0 saturated carbocycles. The Bertz CT molecular complexity index is 1100. The lowest BCUT2D eigenvalue weighted by Gasteiger charge is -2.13. The van der Waals surface area contributed by atoms with Gasteiger partial charge in [-0.2, -0.15) is 0 Å². The number of hydrogen-bond donors (Lipinski definition) is 2. The van der Waals surface area contributed by atoms with E-state index < -0.39 is 0 Å². The largest absolute Gasteiger partial charge is 0.375 e. The minimum atomic E-state index is -0.252. The van der Waals surface area contributed by atoms with Crippen molar-refractivity contribution in [1.82, 2.24) is 4.57 Å². The maximum Gasteiger partial charge on any atom is 0.257 e. The van der Waals surface area contributed by atoms with Crippen molar-refractivity contribution in [2.75, 3.05) is 24.4 Å². The monoisotopic (exact) mass is 419 g/mol. The molecule has 2 amide bonds. The number of carbonyl (C=O) groups excluding carboxylic acids is 2. The zero-order valence-corrected chi connectivity index (χ0v) is 18.7. The van der Waals surface area contributed by atoms with E-state index in [2.05, 4.69) is 47.2 Å². The molecule has 0 radical (unpaired) electrons. The number of aromatic nitrogens is 1. The second-order valence-corrected chi connectivity index (χ2v) is 7.89. The van der Waals surface area contributed by atoms with Crippen molar-refractivity contribution < 1.29 is 14.3 Å². The van der Waals surface area contributed by atoms with Gasteiger partial charge in [-0.3, -0.25) is 9.59 Å². The average Bonchev–Trinajstić information content (AvgIpc) is 3.02. The summed E-state index contributed by atoms with van der Waals surface area (Å²) in [5.74, 6) is -0.0200. The lowest BCUT2D eigenvalue weighted by atomic mass is 10.0. The predicted molar refractivity (Wildman–Crippen MR) is 124 cm³/mol. The summed E-state index contributed by atoms with van der Waals surface area (Å²) in [6.45, 7) is 8.25. The van der Waals surface area contributed by atoms with Crippen LogP contribution >= 0.6 is 0 Å². The van der Waals surface area contributed by atoms with Crippen molar-refractivity contribution in [3.05, 3.63) is 77.1 Å². The zero-order chi connectivity index (χ0) is 22.5. The van der Waals surface area contributed by atoms with Crippen molar-refractivity contribution in [2.24, 2.45) is 0 Å². The van der Waals surface area contributed by atoms with Gasteiger partial charge in [0.1, 0.15) is 6.61 Å². The van der Waals surface area contributed by atoms with Gasteiger partial charge in [-0.25, -0.2) is 0 Å². The molecule has 0 spiro atoms.